The second-order valence-corrected chi connectivity index (χ2v) is 23.9. The van der Waals surface area contributed by atoms with Crippen molar-refractivity contribution in [3.05, 3.63) is 218 Å². The van der Waals surface area contributed by atoms with Crippen LogP contribution in [0, 0.1) is 0 Å². The maximum absolute atomic E-state index is 6.26. The Morgan fingerprint density at radius 3 is 0.567 bits per heavy atom. The van der Waals surface area contributed by atoms with Gasteiger partial charge in [-0.3, -0.25) is 0 Å². The van der Waals surface area contributed by atoms with Crippen LogP contribution < -0.4 is 47.9 Å². The van der Waals surface area contributed by atoms with Gasteiger partial charge in [-0.25, -0.2) is 9.97 Å². The molecule has 12 nitrogen and oxygen atoms in total. The van der Waals surface area contributed by atoms with E-state index in [9.17, 15) is 0 Å². The van der Waals surface area contributed by atoms with Gasteiger partial charge >= 0.3 is 19.5 Å². The van der Waals surface area contributed by atoms with E-state index in [0.717, 1.165) is 131 Å². The Morgan fingerprint density at radius 2 is 0.392 bits per heavy atom. The molecule has 0 radical (unpaired) electrons. The Bertz CT molecular complexity index is 5220. The van der Waals surface area contributed by atoms with E-state index in [1.807, 2.05) is 72.8 Å². The Labute approximate surface area is 571 Å². The van der Waals surface area contributed by atoms with Gasteiger partial charge in [0.05, 0.1) is 79.7 Å². The van der Waals surface area contributed by atoms with Gasteiger partial charge in [-0.05, 0) is 163 Å². The molecule has 0 unspecified atom stereocenters. The molecule has 0 spiro atoms. The Morgan fingerprint density at radius 1 is 0.216 bits per heavy atom. The Kier molecular flexibility index (Phi) is 14.9. The third-order valence-electron chi connectivity index (χ3n) is 19.1. The molecule has 14 aromatic rings. The molecule has 0 fully saturated rings. The van der Waals surface area contributed by atoms with Crippen LogP contribution in [0.5, 0.6) is 46.0 Å². The molecule has 2 aromatic heterocycles. The number of aromatic nitrogens is 4. The first kappa shape index (κ1) is 60.3. The summed E-state index contributed by atoms with van der Waals surface area (Å²) in [6.45, 7) is 0. The minimum Gasteiger partial charge on any atom is -0.656 e. The van der Waals surface area contributed by atoms with Crippen molar-refractivity contribution in [2.24, 2.45) is 0 Å². The molecular formula is C84H60N4O8Zn. The molecule has 1 aliphatic carbocycles. The van der Waals surface area contributed by atoms with E-state index >= 15 is 0 Å². The molecule has 0 atom stereocenters. The van der Waals surface area contributed by atoms with Gasteiger partial charge in [-0.1, -0.05) is 121 Å². The average Bonchev–Trinajstić information content (AvgIpc) is 1.56. The molecule has 0 saturated carbocycles. The summed E-state index contributed by atoms with van der Waals surface area (Å²) in [6, 6.07) is 75.2. The molecule has 2 aliphatic heterocycles. The van der Waals surface area contributed by atoms with E-state index in [-0.39, 0.29) is 19.5 Å². The van der Waals surface area contributed by atoms with Crippen LogP contribution in [-0.2, 0) is 19.5 Å². The molecule has 0 saturated heterocycles. The fourth-order valence-electron chi connectivity index (χ4n) is 14.8. The standard InChI is InChI=1S/C84H60N4O8.Zn/c1-89-65-29-30-66(90-2)50-38-58-57(37-49(50)65)77-73(45-21-13-9-14-22-45)79-59-39-51-52(68(92-4)32-31-67(51)91-3)40-60(59)81(86-79)75(47-25-17-11-18-26-47)83-63-43-55-56(72(96-8)36-35-71(55)95-7)44-64(63)84(88-83)76(48-27-19-12-20-28-48)82-62-42-54-53(69(93-5)33-34-70(54)94-6)41-61(62)80(87-82)74(78(58)85-77)46-23-15-10-16-24-46;/h9-44H,1-8H3;/q-2;+2. The first-order chi connectivity index (χ1) is 47.3. The second kappa shape index (κ2) is 24.0. The van der Waals surface area contributed by atoms with Gasteiger partial charge in [-0.2, -0.15) is 0 Å². The second-order valence-electron chi connectivity index (χ2n) is 23.9. The van der Waals surface area contributed by atoms with Crippen molar-refractivity contribution in [1.29, 1.82) is 0 Å². The number of fused-ring (bicyclic) bond motifs is 4. The summed E-state index contributed by atoms with van der Waals surface area (Å²) in [4.78, 5) is 24.8. The molecular weight excluding hydrogens is 1260 g/mol. The molecule has 0 amide bonds. The number of hydrogen-bond donors (Lipinski definition) is 0. The van der Waals surface area contributed by atoms with E-state index in [4.69, 9.17) is 57.8 Å². The summed E-state index contributed by atoms with van der Waals surface area (Å²) in [5.41, 5.74) is 15.5. The van der Waals surface area contributed by atoms with Gasteiger partial charge in [0, 0.05) is 65.3 Å². The van der Waals surface area contributed by atoms with Crippen molar-refractivity contribution in [2.45, 2.75) is 0 Å². The van der Waals surface area contributed by atoms with E-state index in [0.29, 0.717) is 90.8 Å². The van der Waals surface area contributed by atoms with Crippen molar-refractivity contribution in [2.75, 3.05) is 56.9 Å². The summed E-state index contributed by atoms with van der Waals surface area (Å²) >= 11 is 0. The van der Waals surface area contributed by atoms with Gasteiger partial charge in [0.25, 0.3) is 0 Å². The van der Waals surface area contributed by atoms with Crippen LogP contribution in [-0.4, -0.2) is 66.8 Å². The molecule has 3 aliphatic rings. The SMILES string of the molecule is COc1ccc(OC)c2cc3c(cc12)-c1nc-3c(-c2ccccc2)c2[n-]c(c(-c3ccccc3)c3nc(c(-c4ccccc4)c4[n-]c(c1-c1ccccc1)c1cc5c(OC)ccc(OC)c5cc41)-c1cc4c(OC)ccc(OC)c4cc1-3)c1cc3c(OC)ccc(OC)c3cc21.[Zn+2]. The van der Waals surface area contributed by atoms with Crippen molar-refractivity contribution >= 4 is 86.7 Å². The van der Waals surface area contributed by atoms with Crippen molar-refractivity contribution in [3.8, 4) is 136 Å². The van der Waals surface area contributed by atoms with Crippen LogP contribution in [0.2, 0.25) is 0 Å². The Hall–Kier alpha value is -11.7. The quantitative estimate of drug-likeness (QED) is 0.108. The zero-order valence-corrected chi connectivity index (χ0v) is 57.5. The van der Waals surface area contributed by atoms with Crippen LogP contribution in [0.25, 0.3) is 176 Å². The van der Waals surface area contributed by atoms with Crippen LogP contribution >= 0.6 is 0 Å². The molecule has 8 bridgehead atoms. The van der Waals surface area contributed by atoms with E-state index in [1.54, 1.807) is 56.9 Å². The molecule has 97 heavy (non-hydrogen) atoms. The zero-order chi connectivity index (χ0) is 65.0. The number of ether oxygens (including phenoxy) is 8. The van der Waals surface area contributed by atoms with Gasteiger partial charge in [0.15, 0.2) is 0 Å². The number of benzene rings is 12. The first-order valence-electron chi connectivity index (χ1n) is 31.6. The van der Waals surface area contributed by atoms with Crippen molar-refractivity contribution in [3.63, 3.8) is 0 Å². The van der Waals surface area contributed by atoms with Gasteiger partial charge in [0.1, 0.15) is 46.0 Å². The van der Waals surface area contributed by atoms with E-state index in [2.05, 4.69) is 146 Å². The number of hydrogen-bond acceptors (Lipinski definition) is 10. The minimum absolute atomic E-state index is 0. The van der Waals surface area contributed by atoms with Gasteiger partial charge in [-0.15, -0.1) is 22.1 Å². The zero-order valence-electron chi connectivity index (χ0n) is 54.5. The number of methoxy groups -OCH3 is 8. The third kappa shape index (κ3) is 9.27. The van der Waals surface area contributed by atoms with Crippen molar-refractivity contribution < 1.29 is 57.4 Å². The Balaban J connectivity index is 0.00000738. The summed E-state index contributed by atoms with van der Waals surface area (Å²) in [7, 11) is 13.6. The maximum Gasteiger partial charge on any atom is 2.00 e. The van der Waals surface area contributed by atoms with E-state index < -0.39 is 0 Å². The molecule has 4 heterocycles. The summed E-state index contributed by atoms with van der Waals surface area (Å²) in [5, 5.41) is 10.1. The average molecular weight is 1320 g/mol. The number of rotatable bonds is 12. The monoisotopic (exact) mass is 1320 g/mol. The first-order valence-corrected chi connectivity index (χ1v) is 31.6. The van der Waals surface area contributed by atoms with Crippen LogP contribution in [0.3, 0.4) is 0 Å². The molecule has 13 heteroatoms. The smallest absolute Gasteiger partial charge is 0.656 e. The third-order valence-corrected chi connectivity index (χ3v) is 19.1. The normalized spacial score (nSPS) is 11.6. The number of nitrogens with zero attached hydrogens (tertiary/aromatic N) is 4. The predicted molar refractivity (Wildman–Crippen MR) is 387 cm³/mol. The minimum atomic E-state index is 0. The van der Waals surface area contributed by atoms with Gasteiger partial charge in [0.2, 0.25) is 0 Å². The molecule has 0 N–H and O–H groups in total. The summed E-state index contributed by atoms with van der Waals surface area (Å²) < 4.78 is 50.1. The van der Waals surface area contributed by atoms with Crippen LogP contribution in [0.1, 0.15) is 0 Å². The fourth-order valence-corrected chi connectivity index (χ4v) is 14.8. The van der Waals surface area contributed by atoms with Crippen LogP contribution in [0.15, 0.2) is 218 Å². The maximum atomic E-state index is 6.26. The van der Waals surface area contributed by atoms with Crippen molar-refractivity contribution in [1.82, 2.24) is 19.9 Å². The molecule has 12 aromatic carbocycles. The molecule has 466 valence electrons. The largest absolute Gasteiger partial charge is 2.00 e. The molecule has 17 rings (SSSR count). The summed E-state index contributed by atoms with van der Waals surface area (Å²) in [6.07, 6.45) is 0. The van der Waals surface area contributed by atoms with E-state index in [1.165, 1.54) is 0 Å². The van der Waals surface area contributed by atoms with Gasteiger partial charge < -0.3 is 47.9 Å². The summed E-state index contributed by atoms with van der Waals surface area (Å²) in [5.74, 6) is 5.39. The topological polar surface area (TPSA) is 128 Å². The fraction of sp³-hybridized carbons (Fsp3) is 0.0952. The van der Waals surface area contributed by atoms with Crippen LogP contribution in [0.4, 0.5) is 0 Å². The predicted octanol–water partition coefficient (Wildman–Crippen LogP) is 19.9.